The lowest BCUT2D eigenvalue weighted by Crippen LogP contribution is -2.06. The lowest BCUT2D eigenvalue weighted by Gasteiger charge is -2.04. The summed E-state index contributed by atoms with van der Waals surface area (Å²) >= 11 is 0. The molecule has 0 spiro atoms. The van der Waals surface area contributed by atoms with E-state index >= 15 is 0 Å². The highest BCUT2D eigenvalue weighted by atomic mass is 32.3. The zero-order chi connectivity index (χ0) is 10.8. The molecule has 0 bridgehead atoms. The topological polar surface area (TPSA) is 93.1 Å². The summed E-state index contributed by atoms with van der Waals surface area (Å²) in [5, 5.41) is 9.09. The van der Waals surface area contributed by atoms with Crippen molar-refractivity contribution in [1.29, 1.82) is 0 Å². The number of aromatic hydroxyl groups is 1. The van der Waals surface area contributed by atoms with Crippen molar-refractivity contribution in [1.82, 2.24) is 0 Å². The predicted molar refractivity (Wildman–Crippen MR) is 46.8 cm³/mol. The van der Waals surface area contributed by atoms with Gasteiger partial charge in [-0.1, -0.05) is 0 Å². The van der Waals surface area contributed by atoms with E-state index in [1.54, 1.807) is 0 Å². The maximum Gasteiger partial charge on any atom is 0.446 e. The first kappa shape index (κ1) is 10.6. The largest absolute Gasteiger partial charge is 0.508 e. The van der Waals surface area contributed by atoms with Crippen LogP contribution in [0, 0.1) is 0 Å². The van der Waals surface area contributed by atoms with Crippen LogP contribution in [0.3, 0.4) is 0 Å². The lowest BCUT2D eigenvalue weighted by molar-refractivity contribution is 0.379. The Hall–Kier alpha value is -1.47. The molecule has 0 aliphatic carbocycles. The zero-order valence-electron chi connectivity index (χ0n) is 7.17. The summed E-state index contributed by atoms with van der Waals surface area (Å²) in [7, 11) is -3.25. The third-order valence-corrected chi connectivity index (χ3v) is 1.71. The normalized spacial score (nSPS) is 11.0. The number of phenols is 1. The van der Waals surface area contributed by atoms with Crippen LogP contribution in [0.15, 0.2) is 18.2 Å². The summed E-state index contributed by atoms with van der Waals surface area (Å²) < 4.78 is 37.8. The second-order valence-corrected chi connectivity index (χ2v) is 3.40. The lowest BCUT2D eigenvalue weighted by atomic mass is 10.3. The van der Waals surface area contributed by atoms with Gasteiger partial charge in [-0.2, -0.15) is 8.42 Å². The van der Waals surface area contributed by atoms with Gasteiger partial charge in [0.15, 0.2) is 5.75 Å². The maximum absolute atomic E-state index is 10.3. The molecule has 1 aromatic carbocycles. The molecule has 78 valence electrons. The number of hydrogen-bond acceptors (Lipinski definition) is 5. The van der Waals surface area contributed by atoms with E-state index in [1.807, 2.05) is 0 Å². The summed E-state index contributed by atoms with van der Waals surface area (Å²) in [5.41, 5.74) is 0. The maximum atomic E-state index is 10.3. The van der Waals surface area contributed by atoms with Gasteiger partial charge in [-0.05, 0) is 0 Å². The van der Waals surface area contributed by atoms with Crippen molar-refractivity contribution in [3.63, 3.8) is 0 Å². The minimum absolute atomic E-state index is 0.212. The van der Waals surface area contributed by atoms with Crippen molar-refractivity contribution in [2.45, 2.75) is 0 Å². The Morgan fingerprint density at radius 3 is 2.29 bits per heavy atom. The van der Waals surface area contributed by atoms with E-state index in [0.29, 0.717) is 0 Å². The Morgan fingerprint density at radius 1 is 1.21 bits per heavy atom. The smallest absolute Gasteiger partial charge is 0.446 e. The number of ether oxygens (including phenoxy) is 1. The molecule has 1 rings (SSSR count). The molecule has 2 N–H and O–H groups in total. The SMILES string of the molecule is COc1cc(O)cc(OS(=O)(=O)O)c1. The molecule has 6 nitrogen and oxygen atoms in total. The first-order valence-corrected chi connectivity index (χ1v) is 4.82. The van der Waals surface area contributed by atoms with E-state index in [2.05, 4.69) is 4.18 Å². The average molecular weight is 220 g/mol. The third kappa shape index (κ3) is 3.11. The van der Waals surface area contributed by atoms with Crippen LogP contribution < -0.4 is 8.92 Å². The molecule has 0 aliphatic heterocycles. The van der Waals surface area contributed by atoms with Gasteiger partial charge in [0, 0.05) is 18.2 Å². The summed E-state index contributed by atoms with van der Waals surface area (Å²) in [6, 6.07) is 3.49. The van der Waals surface area contributed by atoms with Crippen LogP contribution in [-0.2, 0) is 10.4 Å². The predicted octanol–water partition coefficient (Wildman–Crippen LogP) is 0.582. The van der Waals surface area contributed by atoms with Crippen LogP contribution >= 0.6 is 0 Å². The monoisotopic (exact) mass is 220 g/mol. The first-order valence-electron chi connectivity index (χ1n) is 3.45. The van der Waals surface area contributed by atoms with Gasteiger partial charge in [0.25, 0.3) is 0 Å². The fraction of sp³-hybridized carbons (Fsp3) is 0.143. The van der Waals surface area contributed by atoms with E-state index in [0.717, 1.165) is 6.07 Å². The highest BCUT2D eigenvalue weighted by Gasteiger charge is 2.09. The van der Waals surface area contributed by atoms with Crippen molar-refractivity contribution < 1.29 is 27.0 Å². The van der Waals surface area contributed by atoms with Crippen molar-refractivity contribution in [3.05, 3.63) is 18.2 Å². The van der Waals surface area contributed by atoms with Gasteiger partial charge in [0.2, 0.25) is 0 Å². The van der Waals surface area contributed by atoms with Gasteiger partial charge < -0.3 is 14.0 Å². The van der Waals surface area contributed by atoms with Gasteiger partial charge in [-0.3, -0.25) is 4.55 Å². The number of rotatable bonds is 3. The van der Waals surface area contributed by atoms with Crippen molar-refractivity contribution >= 4 is 10.4 Å². The Bertz CT molecular complexity index is 424. The molecule has 1 aromatic rings. The molecule has 0 radical (unpaired) electrons. The minimum Gasteiger partial charge on any atom is -0.508 e. The highest BCUT2D eigenvalue weighted by Crippen LogP contribution is 2.27. The molecule has 0 saturated carbocycles. The summed E-state index contributed by atoms with van der Waals surface area (Å²) in [6.07, 6.45) is 0. The number of phenolic OH excluding ortho intramolecular Hbond substituents is 1. The molecule has 0 fully saturated rings. The van der Waals surface area contributed by atoms with E-state index in [-0.39, 0.29) is 17.2 Å². The minimum atomic E-state index is -4.59. The zero-order valence-corrected chi connectivity index (χ0v) is 7.98. The Morgan fingerprint density at radius 2 is 1.79 bits per heavy atom. The average Bonchev–Trinajstić information content (AvgIpc) is 1.99. The fourth-order valence-corrected chi connectivity index (χ4v) is 1.18. The molecular weight excluding hydrogens is 212 g/mol. The molecule has 0 amide bonds. The summed E-state index contributed by atoms with van der Waals surface area (Å²) in [5.74, 6) is -0.254. The fourth-order valence-electron chi connectivity index (χ4n) is 0.844. The van der Waals surface area contributed by atoms with Gasteiger partial charge in [0.1, 0.15) is 11.5 Å². The quantitative estimate of drug-likeness (QED) is 0.724. The highest BCUT2D eigenvalue weighted by molar-refractivity contribution is 7.81. The molecule has 14 heavy (non-hydrogen) atoms. The van der Waals surface area contributed by atoms with Crippen LogP contribution in [0.1, 0.15) is 0 Å². The number of methoxy groups -OCH3 is 1. The van der Waals surface area contributed by atoms with E-state index in [4.69, 9.17) is 14.4 Å². The summed E-state index contributed by atoms with van der Waals surface area (Å²) in [6.45, 7) is 0. The first-order chi connectivity index (χ1) is 6.40. The Balaban J connectivity index is 3.04. The standard InChI is InChI=1S/C7H8O6S/c1-12-6-2-5(8)3-7(4-6)13-14(9,10)11/h2-4,8H,1H3,(H,9,10,11). The van der Waals surface area contributed by atoms with Gasteiger partial charge >= 0.3 is 10.4 Å². The van der Waals surface area contributed by atoms with Crippen LogP contribution in [0.2, 0.25) is 0 Å². The molecule has 0 atom stereocenters. The third-order valence-electron chi connectivity index (χ3n) is 1.30. The van der Waals surface area contributed by atoms with Crippen molar-refractivity contribution in [2.24, 2.45) is 0 Å². The van der Waals surface area contributed by atoms with Gasteiger partial charge in [0.05, 0.1) is 7.11 Å². The van der Waals surface area contributed by atoms with E-state index < -0.39 is 10.4 Å². The molecule has 0 aromatic heterocycles. The molecule has 0 aliphatic rings. The van der Waals surface area contributed by atoms with Crippen LogP contribution in [0.5, 0.6) is 17.2 Å². The molecule has 7 heteroatoms. The second-order valence-electron chi connectivity index (χ2n) is 2.38. The van der Waals surface area contributed by atoms with Crippen LogP contribution in [0.4, 0.5) is 0 Å². The van der Waals surface area contributed by atoms with Gasteiger partial charge in [-0.15, -0.1) is 0 Å². The molecule has 0 unspecified atom stereocenters. The molecular formula is C7H8O6S. The summed E-state index contributed by atoms with van der Waals surface area (Å²) in [4.78, 5) is 0. The number of benzene rings is 1. The second kappa shape index (κ2) is 3.72. The van der Waals surface area contributed by atoms with Gasteiger partial charge in [-0.25, -0.2) is 0 Å². The van der Waals surface area contributed by atoms with Crippen molar-refractivity contribution in [3.8, 4) is 17.2 Å². The van der Waals surface area contributed by atoms with E-state index in [1.165, 1.54) is 19.2 Å². The van der Waals surface area contributed by atoms with E-state index in [9.17, 15) is 8.42 Å². The molecule has 0 heterocycles. The molecule has 0 saturated heterocycles. The van der Waals surface area contributed by atoms with Crippen molar-refractivity contribution in [2.75, 3.05) is 7.11 Å². The number of hydrogen-bond donors (Lipinski definition) is 2. The Kier molecular flexibility index (Phi) is 2.82. The Labute approximate surface area is 80.7 Å². The van der Waals surface area contributed by atoms with Crippen LogP contribution in [0.25, 0.3) is 0 Å². The van der Waals surface area contributed by atoms with Crippen LogP contribution in [-0.4, -0.2) is 25.2 Å².